The Morgan fingerprint density at radius 1 is 1.32 bits per heavy atom. The predicted molar refractivity (Wildman–Crippen MR) is 84.2 cm³/mol. The molecule has 3 nitrogen and oxygen atoms in total. The van der Waals surface area contributed by atoms with Crippen molar-refractivity contribution in [1.29, 1.82) is 0 Å². The fourth-order valence-electron chi connectivity index (χ4n) is 2.35. The van der Waals surface area contributed by atoms with E-state index in [0.717, 1.165) is 19.5 Å². The number of nitrogens with zero attached hydrogens (tertiary/aromatic N) is 1. The van der Waals surface area contributed by atoms with E-state index in [1.807, 2.05) is 6.92 Å². The first kappa shape index (κ1) is 15.7. The summed E-state index contributed by atoms with van der Waals surface area (Å²) in [6.07, 6.45) is 9.53. The average molecular weight is 261 g/mol. The van der Waals surface area contributed by atoms with Crippen LogP contribution in [-0.2, 0) is 13.0 Å². The fourth-order valence-corrected chi connectivity index (χ4v) is 2.35. The third kappa shape index (κ3) is 4.08. The zero-order valence-corrected chi connectivity index (χ0v) is 12.7. The van der Waals surface area contributed by atoms with Gasteiger partial charge in [0.15, 0.2) is 0 Å². The summed E-state index contributed by atoms with van der Waals surface area (Å²) >= 11 is 0. The van der Waals surface area contributed by atoms with Gasteiger partial charge in [0, 0.05) is 35.9 Å². The maximum Gasteiger partial charge on any atom is 0.0415 e. The van der Waals surface area contributed by atoms with Crippen LogP contribution in [0.25, 0.3) is 12.2 Å². The SMILES string of the molecule is C\C=C/C=c1/c(CC)c(CN(C)CCN)[nH]/c1=C/C. The molecule has 1 rings (SSSR count). The minimum Gasteiger partial charge on any atom is -0.357 e. The monoisotopic (exact) mass is 261 g/mol. The summed E-state index contributed by atoms with van der Waals surface area (Å²) < 4.78 is 0. The molecule has 0 saturated heterocycles. The lowest BCUT2D eigenvalue weighted by atomic mass is 10.1. The van der Waals surface area contributed by atoms with Crippen LogP contribution in [0.4, 0.5) is 0 Å². The van der Waals surface area contributed by atoms with Gasteiger partial charge in [-0.2, -0.15) is 0 Å². The highest BCUT2D eigenvalue weighted by atomic mass is 15.1. The van der Waals surface area contributed by atoms with Crippen molar-refractivity contribution in [2.45, 2.75) is 33.7 Å². The smallest absolute Gasteiger partial charge is 0.0415 e. The largest absolute Gasteiger partial charge is 0.357 e. The highest BCUT2D eigenvalue weighted by molar-refractivity contribution is 5.43. The number of hydrogen-bond acceptors (Lipinski definition) is 2. The van der Waals surface area contributed by atoms with Gasteiger partial charge in [-0.05, 0) is 32.9 Å². The van der Waals surface area contributed by atoms with Crippen molar-refractivity contribution >= 4 is 12.2 Å². The summed E-state index contributed by atoms with van der Waals surface area (Å²) in [5.74, 6) is 0. The van der Waals surface area contributed by atoms with Crippen LogP contribution in [0.1, 0.15) is 32.0 Å². The molecule has 3 heteroatoms. The summed E-state index contributed by atoms with van der Waals surface area (Å²) in [5.41, 5.74) is 8.33. The van der Waals surface area contributed by atoms with Gasteiger partial charge in [-0.25, -0.2) is 0 Å². The molecule has 1 aromatic rings. The third-order valence-corrected chi connectivity index (χ3v) is 3.30. The van der Waals surface area contributed by atoms with Gasteiger partial charge >= 0.3 is 0 Å². The molecule has 0 amide bonds. The fraction of sp³-hybridized carbons (Fsp3) is 0.500. The van der Waals surface area contributed by atoms with Crippen LogP contribution in [-0.4, -0.2) is 30.0 Å². The van der Waals surface area contributed by atoms with E-state index in [1.54, 1.807) is 0 Å². The number of nitrogens with two attached hydrogens (primary N) is 1. The lowest BCUT2D eigenvalue weighted by Crippen LogP contribution is -2.25. The number of nitrogens with one attached hydrogen (secondary N) is 1. The molecule has 0 aliphatic rings. The number of H-pyrrole nitrogens is 1. The van der Waals surface area contributed by atoms with Crippen LogP contribution in [0.5, 0.6) is 0 Å². The molecule has 0 saturated carbocycles. The van der Waals surface area contributed by atoms with Gasteiger partial charge in [0.05, 0.1) is 0 Å². The van der Waals surface area contributed by atoms with Crippen molar-refractivity contribution in [1.82, 2.24) is 9.88 Å². The van der Waals surface area contributed by atoms with Gasteiger partial charge in [-0.1, -0.05) is 31.2 Å². The second-order valence-electron chi connectivity index (χ2n) is 4.77. The van der Waals surface area contributed by atoms with E-state index in [4.69, 9.17) is 5.73 Å². The molecule has 0 bridgehead atoms. The maximum absolute atomic E-state index is 5.61. The molecule has 0 unspecified atom stereocenters. The topological polar surface area (TPSA) is 45.0 Å². The summed E-state index contributed by atoms with van der Waals surface area (Å²) in [6.45, 7) is 8.86. The second kappa shape index (κ2) is 7.97. The third-order valence-electron chi connectivity index (χ3n) is 3.30. The van der Waals surface area contributed by atoms with Gasteiger partial charge in [0.2, 0.25) is 0 Å². The highest BCUT2D eigenvalue weighted by Crippen LogP contribution is 2.03. The van der Waals surface area contributed by atoms with Crippen molar-refractivity contribution in [3.63, 3.8) is 0 Å². The van der Waals surface area contributed by atoms with E-state index in [-0.39, 0.29) is 0 Å². The van der Waals surface area contributed by atoms with Crippen LogP contribution in [0.15, 0.2) is 12.2 Å². The summed E-state index contributed by atoms with van der Waals surface area (Å²) in [6, 6.07) is 0. The molecule has 0 spiro atoms. The lowest BCUT2D eigenvalue weighted by molar-refractivity contribution is 0.331. The van der Waals surface area contributed by atoms with Crippen molar-refractivity contribution in [3.8, 4) is 0 Å². The first-order chi connectivity index (χ1) is 9.17. The molecule has 106 valence electrons. The van der Waals surface area contributed by atoms with Crippen LogP contribution >= 0.6 is 0 Å². The van der Waals surface area contributed by atoms with Gasteiger partial charge in [0.1, 0.15) is 0 Å². The number of allylic oxidation sites excluding steroid dienone is 2. The van der Waals surface area contributed by atoms with E-state index in [9.17, 15) is 0 Å². The van der Waals surface area contributed by atoms with Gasteiger partial charge in [0.25, 0.3) is 0 Å². The molecule has 19 heavy (non-hydrogen) atoms. The van der Waals surface area contributed by atoms with Crippen molar-refractivity contribution < 1.29 is 0 Å². The Morgan fingerprint density at radius 3 is 2.58 bits per heavy atom. The van der Waals surface area contributed by atoms with Crippen LogP contribution < -0.4 is 16.3 Å². The molecule has 1 heterocycles. The van der Waals surface area contributed by atoms with Gasteiger partial charge in [-0.15, -0.1) is 0 Å². The minimum absolute atomic E-state index is 0.697. The van der Waals surface area contributed by atoms with E-state index in [1.165, 1.54) is 21.8 Å². The van der Waals surface area contributed by atoms with Crippen LogP contribution in [0.2, 0.25) is 0 Å². The Balaban J connectivity index is 3.24. The standard InChI is InChI=1S/C16H27N3/c1-5-8-9-14-13(6-2)16(18-15(14)7-3)12-19(4)11-10-17/h5,7-9,18H,6,10-12,17H2,1-4H3/b8-5-,14-9-,15-7+. The zero-order valence-electron chi connectivity index (χ0n) is 12.7. The number of rotatable bonds is 6. The molecule has 0 aliphatic carbocycles. The molecule has 1 aromatic heterocycles. The first-order valence-corrected chi connectivity index (χ1v) is 7.05. The molecular formula is C16H27N3. The maximum atomic E-state index is 5.61. The Hall–Kier alpha value is -1.32. The second-order valence-corrected chi connectivity index (χ2v) is 4.77. The molecular weight excluding hydrogens is 234 g/mol. The molecule has 0 aromatic carbocycles. The minimum atomic E-state index is 0.697. The number of aromatic nitrogens is 1. The summed E-state index contributed by atoms with van der Waals surface area (Å²) in [7, 11) is 2.11. The number of hydrogen-bond donors (Lipinski definition) is 2. The Morgan fingerprint density at radius 2 is 2.05 bits per heavy atom. The van der Waals surface area contributed by atoms with Crippen LogP contribution in [0, 0.1) is 0 Å². The average Bonchev–Trinajstić information content (AvgIpc) is 2.73. The van der Waals surface area contributed by atoms with Gasteiger partial charge < -0.3 is 10.7 Å². The molecule has 0 atom stereocenters. The van der Waals surface area contributed by atoms with E-state index in [0.29, 0.717) is 6.54 Å². The highest BCUT2D eigenvalue weighted by Gasteiger charge is 2.08. The van der Waals surface area contributed by atoms with Gasteiger partial charge in [-0.3, -0.25) is 4.90 Å². The number of aromatic amines is 1. The van der Waals surface area contributed by atoms with Crippen molar-refractivity contribution in [2.75, 3.05) is 20.1 Å². The predicted octanol–water partition coefficient (Wildman–Crippen LogP) is 1.12. The first-order valence-electron chi connectivity index (χ1n) is 7.05. The van der Waals surface area contributed by atoms with Crippen molar-refractivity contribution in [2.24, 2.45) is 5.73 Å². The molecule has 0 aliphatic heterocycles. The molecule has 3 N–H and O–H groups in total. The quantitative estimate of drug-likeness (QED) is 0.806. The Labute approximate surface area is 116 Å². The number of likely N-dealkylation sites (N-methyl/N-ethyl adjacent to an activating group) is 1. The summed E-state index contributed by atoms with van der Waals surface area (Å²) in [5, 5.41) is 2.53. The normalized spacial score (nSPS) is 14.2. The Bertz CT molecular complexity index is 523. The Kier molecular flexibility index (Phi) is 6.60. The van der Waals surface area contributed by atoms with E-state index in [2.05, 4.69) is 55.1 Å². The zero-order chi connectivity index (χ0) is 14.3. The van der Waals surface area contributed by atoms with E-state index < -0.39 is 0 Å². The van der Waals surface area contributed by atoms with E-state index >= 15 is 0 Å². The summed E-state index contributed by atoms with van der Waals surface area (Å²) in [4.78, 5) is 5.80. The lowest BCUT2D eigenvalue weighted by Gasteiger charge is -2.15. The molecule has 0 radical (unpaired) electrons. The molecule has 0 fully saturated rings. The van der Waals surface area contributed by atoms with Crippen LogP contribution in [0.3, 0.4) is 0 Å². The van der Waals surface area contributed by atoms with Crippen molar-refractivity contribution in [3.05, 3.63) is 34.0 Å².